The van der Waals surface area contributed by atoms with Gasteiger partial charge in [0.05, 0.1) is 20.5 Å². The number of halogens is 1. The smallest absolute Gasteiger partial charge is 0.261 e. The number of amides is 2. The van der Waals surface area contributed by atoms with Gasteiger partial charge in [-0.1, -0.05) is 35.9 Å². The minimum absolute atomic E-state index is 0.0449. The summed E-state index contributed by atoms with van der Waals surface area (Å²) in [5, 5.41) is 16.5. The second-order valence-corrected chi connectivity index (χ2v) is 8.51. The van der Waals surface area contributed by atoms with Gasteiger partial charge in [0.25, 0.3) is 11.8 Å². The van der Waals surface area contributed by atoms with Crippen molar-refractivity contribution in [2.45, 2.75) is 20.0 Å². The molecule has 3 rings (SSSR count). The number of aliphatic hydroxyl groups is 1. The lowest BCUT2D eigenvalue weighted by molar-refractivity contribution is 0.0846. The summed E-state index contributed by atoms with van der Waals surface area (Å²) in [5.41, 5.74) is 2.14. The molecule has 0 bridgehead atoms. The van der Waals surface area contributed by atoms with E-state index in [1.807, 2.05) is 31.2 Å². The maximum Gasteiger partial charge on any atom is 0.261 e. The SMILES string of the molecule is Cc1cccc(OCC(O)CNC(=O)c2sc(NC(=O)c3ccccc3Cl)cc2C)c1. The number of carbonyl (C=O) groups is 2. The molecular weight excluding hydrogens is 436 g/mol. The lowest BCUT2D eigenvalue weighted by Crippen LogP contribution is -2.35. The van der Waals surface area contributed by atoms with Gasteiger partial charge in [0.15, 0.2) is 0 Å². The Morgan fingerprint density at radius 3 is 2.61 bits per heavy atom. The molecule has 3 aromatic rings. The first-order chi connectivity index (χ1) is 14.8. The zero-order valence-electron chi connectivity index (χ0n) is 17.1. The maximum atomic E-state index is 12.5. The summed E-state index contributed by atoms with van der Waals surface area (Å²) >= 11 is 7.22. The van der Waals surface area contributed by atoms with Gasteiger partial charge < -0.3 is 20.5 Å². The van der Waals surface area contributed by atoms with E-state index in [9.17, 15) is 14.7 Å². The van der Waals surface area contributed by atoms with Crippen molar-refractivity contribution in [3.63, 3.8) is 0 Å². The molecule has 0 radical (unpaired) electrons. The molecule has 8 heteroatoms. The van der Waals surface area contributed by atoms with Crippen LogP contribution < -0.4 is 15.4 Å². The Morgan fingerprint density at radius 1 is 1.10 bits per heavy atom. The highest BCUT2D eigenvalue weighted by Gasteiger charge is 2.17. The van der Waals surface area contributed by atoms with Crippen LogP contribution in [0.5, 0.6) is 5.75 Å². The summed E-state index contributed by atoms with van der Waals surface area (Å²) in [5.74, 6) is -0.00347. The molecular formula is C23H23ClN2O4S. The topological polar surface area (TPSA) is 87.7 Å². The van der Waals surface area contributed by atoms with Crippen LogP contribution in [0.3, 0.4) is 0 Å². The summed E-state index contributed by atoms with van der Waals surface area (Å²) in [7, 11) is 0. The number of ether oxygens (including phenoxy) is 1. The summed E-state index contributed by atoms with van der Waals surface area (Å²) in [6.07, 6.45) is -0.857. The molecule has 2 aromatic carbocycles. The first-order valence-corrected chi connectivity index (χ1v) is 10.8. The van der Waals surface area contributed by atoms with Crippen molar-refractivity contribution in [3.8, 4) is 5.75 Å². The molecule has 2 amide bonds. The standard InChI is InChI=1S/C23H23ClN2O4S/c1-14-6-5-7-17(10-14)30-13-16(27)12-25-23(29)21-15(2)11-20(31-21)26-22(28)18-8-3-4-9-19(18)24/h3-11,16,27H,12-13H2,1-2H3,(H,25,29)(H,26,28). The van der Waals surface area contributed by atoms with Gasteiger partial charge in [-0.15, -0.1) is 11.3 Å². The predicted molar refractivity (Wildman–Crippen MR) is 123 cm³/mol. The molecule has 0 aliphatic heterocycles. The average molecular weight is 459 g/mol. The summed E-state index contributed by atoms with van der Waals surface area (Å²) < 4.78 is 5.55. The van der Waals surface area contributed by atoms with Gasteiger partial charge in [-0.3, -0.25) is 9.59 Å². The van der Waals surface area contributed by atoms with Crippen LogP contribution in [0.1, 0.15) is 31.2 Å². The summed E-state index contributed by atoms with van der Waals surface area (Å²) in [6, 6.07) is 16.0. The third-order valence-electron chi connectivity index (χ3n) is 4.41. The van der Waals surface area contributed by atoms with Crippen LogP contribution in [0.15, 0.2) is 54.6 Å². The third kappa shape index (κ3) is 6.30. The number of aryl methyl sites for hydroxylation is 2. The van der Waals surface area contributed by atoms with Gasteiger partial charge in [-0.05, 0) is 55.3 Å². The highest BCUT2D eigenvalue weighted by Crippen LogP contribution is 2.27. The molecule has 3 N–H and O–H groups in total. The van der Waals surface area contributed by atoms with E-state index < -0.39 is 6.10 Å². The Morgan fingerprint density at radius 2 is 1.87 bits per heavy atom. The van der Waals surface area contributed by atoms with E-state index in [0.29, 0.717) is 26.2 Å². The number of hydrogen-bond donors (Lipinski definition) is 3. The Bertz CT molecular complexity index is 1080. The van der Waals surface area contributed by atoms with E-state index >= 15 is 0 Å². The van der Waals surface area contributed by atoms with E-state index in [1.165, 1.54) is 0 Å². The van der Waals surface area contributed by atoms with Crippen molar-refractivity contribution < 1.29 is 19.4 Å². The number of nitrogens with one attached hydrogen (secondary N) is 2. The number of benzene rings is 2. The van der Waals surface area contributed by atoms with Crippen molar-refractivity contribution in [1.82, 2.24) is 5.32 Å². The molecule has 0 aliphatic rings. The third-order valence-corrected chi connectivity index (χ3v) is 5.89. The Hall–Kier alpha value is -2.87. The zero-order valence-corrected chi connectivity index (χ0v) is 18.7. The van der Waals surface area contributed by atoms with Crippen molar-refractivity contribution in [3.05, 3.63) is 81.2 Å². The minimum Gasteiger partial charge on any atom is -0.491 e. The predicted octanol–water partition coefficient (Wildman–Crippen LogP) is 4.44. The van der Waals surface area contributed by atoms with Gasteiger partial charge in [0.1, 0.15) is 18.5 Å². The van der Waals surface area contributed by atoms with E-state index in [4.69, 9.17) is 16.3 Å². The van der Waals surface area contributed by atoms with Crippen molar-refractivity contribution in [1.29, 1.82) is 0 Å². The Labute approximate surface area is 189 Å². The maximum absolute atomic E-state index is 12.5. The van der Waals surface area contributed by atoms with Gasteiger partial charge in [0, 0.05) is 6.54 Å². The largest absolute Gasteiger partial charge is 0.491 e. The molecule has 1 unspecified atom stereocenters. The highest BCUT2D eigenvalue weighted by atomic mass is 35.5. The molecule has 0 fully saturated rings. The van der Waals surface area contributed by atoms with E-state index in [-0.39, 0.29) is 25.0 Å². The van der Waals surface area contributed by atoms with Crippen LogP contribution in [0.2, 0.25) is 5.02 Å². The van der Waals surface area contributed by atoms with Crippen LogP contribution >= 0.6 is 22.9 Å². The first-order valence-electron chi connectivity index (χ1n) is 9.65. The molecule has 0 saturated heterocycles. The molecule has 0 saturated carbocycles. The molecule has 0 spiro atoms. The van der Waals surface area contributed by atoms with Gasteiger partial charge in [-0.2, -0.15) is 0 Å². The molecule has 1 heterocycles. The number of aliphatic hydroxyl groups excluding tert-OH is 1. The highest BCUT2D eigenvalue weighted by molar-refractivity contribution is 7.18. The number of carbonyl (C=O) groups excluding carboxylic acids is 2. The van der Waals surface area contributed by atoms with Gasteiger partial charge in [-0.25, -0.2) is 0 Å². The molecule has 1 atom stereocenters. The van der Waals surface area contributed by atoms with Crippen molar-refractivity contribution >= 4 is 39.8 Å². The number of thiophene rings is 1. The fourth-order valence-corrected chi connectivity index (χ4v) is 4.05. The number of anilines is 1. The molecule has 6 nitrogen and oxygen atoms in total. The summed E-state index contributed by atoms with van der Waals surface area (Å²) in [6.45, 7) is 3.85. The monoisotopic (exact) mass is 458 g/mol. The second kappa shape index (κ2) is 10.4. The van der Waals surface area contributed by atoms with E-state index in [0.717, 1.165) is 22.5 Å². The fourth-order valence-electron chi connectivity index (χ4n) is 2.84. The quantitative estimate of drug-likeness (QED) is 0.465. The molecule has 1 aromatic heterocycles. The summed E-state index contributed by atoms with van der Waals surface area (Å²) in [4.78, 5) is 25.4. The Kier molecular flexibility index (Phi) is 7.68. The van der Waals surface area contributed by atoms with Crippen LogP contribution in [-0.4, -0.2) is 36.2 Å². The fraction of sp³-hybridized carbons (Fsp3) is 0.217. The van der Waals surface area contributed by atoms with Crippen LogP contribution in [0.4, 0.5) is 5.00 Å². The molecule has 31 heavy (non-hydrogen) atoms. The normalized spacial score (nSPS) is 11.6. The molecule has 162 valence electrons. The Balaban J connectivity index is 1.53. The van der Waals surface area contributed by atoms with E-state index in [2.05, 4.69) is 10.6 Å². The van der Waals surface area contributed by atoms with Crippen LogP contribution in [-0.2, 0) is 0 Å². The lowest BCUT2D eigenvalue weighted by Gasteiger charge is -2.13. The van der Waals surface area contributed by atoms with Crippen molar-refractivity contribution in [2.24, 2.45) is 0 Å². The van der Waals surface area contributed by atoms with Crippen LogP contribution in [0.25, 0.3) is 0 Å². The van der Waals surface area contributed by atoms with Gasteiger partial charge in [0.2, 0.25) is 0 Å². The lowest BCUT2D eigenvalue weighted by atomic mass is 10.2. The molecule has 0 aliphatic carbocycles. The number of hydrogen-bond acceptors (Lipinski definition) is 5. The second-order valence-electron chi connectivity index (χ2n) is 7.05. The van der Waals surface area contributed by atoms with Gasteiger partial charge >= 0.3 is 0 Å². The number of rotatable bonds is 8. The zero-order chi connectivity index (χ0) is 22.4. The first kappa shape index (κ1) is 22.8. The van der Waals surface area contributed by atoms with Crippen molar-refractivity contribution in [2.75, 3.05) is 18.5 Å². The van der Waals surface area contributed by atoms with Crippen LogP contribution in [0, 0.1) is 13.8 Å². The average Bonchev–Trinajstić information content (AvgIpc) is 3.10. The van der Waals surface area contributed by atoms with E-state index in [1.54, 1.807) is 37.3 Å². The minimum atomic E-state index is -0.857.